The third kappa shape index (κ3) is 19.3. The highest BCUT2D eigenvalue weighted by Crippen LogP contribution is 2.09. The minimum Gasteiger partial charge on any atom is -0.466 e. The largest absolute Gasteiger partial charge is 0.466 e. The summed E-state index contributed by atoms with van der Waals surface area (Å²) in [6.45, 7) is 5.03. The van der Waals surface area contributed by atoms with Gasteiger partial charge < -0.3 is 4.74 Å². The summed E-state index contributed by atoms with van der Waals surface area (Å²) >= 11 is 0. The first-order valence-electron chi connectivity index (χ1n) is 10.6. The number of rotatable bonds is 18. The number of unbranched alkanes of at least 4 members (excludes halogenated alkanes) is 12. The lowest BCUT2D eigenvalue weighted by Crippen LogP contribution is -2.05. The van der Waals surface area contributed by atoms with E-state index in [4.69, 9.17) is 4.74 Å². The molecule has 0 fully saturated rings. The monoisotopic (exact) mass is 338 g/mol. The SMILES string of the molecule is CCCCCC/C=C\CCCCCCCCOC(=O)CCCCC. The number of ether oxygens (including phenoxy) is 1. The molecule has 2 heteroatoms. The van der Waals surface area contributed by atoms with Crippen LogP contribution in [-0.2, 0) is 9.53 Å². The van der Waals surface area contributed by atoms with Crippen LogP contribution in [0.2, 0.25) is 0 Å². The van der Waals surface area contributed by atoms with Crippen LogP contribution in [0.1, 0.15) is 117 Å². The Bertz CT molecular complexity index is 284. The van der Waals surface area contributed by atoms with Crippen molar-refractivity contribution in [1.82, 2.24) is 0 Å². The minimum atomic E-state index is -0.00932. The highest BCUT2D eigenvalue weighted by atomic mass is 16.5. The van der Waals surface area contributed by atoms with Crippen molar-refractivity contribution in [3.63, 3.8) is 0 Å². The molecule has 0 N–H and O–H groups in total. The van der Waals surface area contributed by atoms with E-state index in [0.717, 1.165) is 25.7 Å². The molecule has 0 atom stereocenters. The van der Waals surface area contributed by atoms with Gasteiger partial charge in [-0.05, 0) is 38.5 Å². The zero-order valence-electron chi connectivity index (χ0n) is 16.5. The maximum atomic E-state index is 11.4. The van der Waals surface area contributed by atoms with Crippen LogP contribution in [0, 0.1) is 0 Å². The molecule has 0 aromatic heterocycles. The Labute approximate surface area is 151 Å². The molecule has 24 heavy (non-hydrogen) atoms. The number of esters is 1. The summed E-state index contributed by atoms with van der Waals surface area (Å²) < 4.78 is 5.25. The Balaban J connectivity index is 3.14. The van der Waals surface area contributed by atoms with E-state index >= 15 is 0 Å². The first-order valence-corrected chi connectivity index (χ1v) is 10.6. The van der Waals surface area contributed by atoms with Crippen LogP contribution in [0.4, 0.5) is 0 Å². The predicted octanol–water partition coefficient (Wildman–Crippen LogP) is 7.37. The number of allylic oxidation sites excluding steroid dienone is 2. The second-order valence-electron chi connectivity index (χ2n) is 6.91. The van der Waals surface area contributed by atoms with E-state index < -0.39 is 0 Å². The molecular weight excluding hydrogens is 296 g/mol. The number of hydrogen-bond donors (Lipinski definition) is 0. The van der Waals surface area contributed by atoms with Crippen LogP contribution in [0.15, 0.2) is 12.2 Å². The smallest absolute Gasteiger partial charge is 0.305 e. The highest BCUT2D eigenvalue weighted by Gasteiger charge is 2.01. The summed E-state index contributed by atoms with van der Waals surface area (Å²) in [6.07, 6.45) is 24.0. The lowest BCUT2D eigenvalue weighted by Gasteiger charge is -2.04. The van der Waals surface area contributed by atoms with Crippen LogP contribution in [0.25, 0.3) is 0 Å². The molecule has 0 bridgehead atoms. The van der Waals surface area contributed by atoms with Crippen molar-refractivity contribution in [1.29, 1.82) is 0 Å². The molecule has 0 aliphatic carbocycles. The molecule has 0 aromatic carbocycles. The van der Waals surface area contributed by atoms with Crippen LogP contribution < -0.4 is 0 Å². The molecule has 0 spiro atoms. The van der Waals surface area contributed by atoms with Gasteiger partial charge in [-0.25, -0.2) is 0 Å². The van der Waals surface area contributed by atoms with E-state index in [9.17, 15) is 4.79 Å². The van der Waals surface area contributed by atoms with Gasteiger partial charge in [-0.15, -0.1) is 0 Å². The van der Waals surface area contributed by atoms with Gasteiger partial charge in [-0.2, -0.15) is 0 Å². The predicted molar refractivity (Wildman–Crippen MR) is 105 cm³/mol. The van der Waals surface area contributed by atoms with Crippen LogP contribution >= 0.6 is 0 Å². The standard InChI is InChI=1S/C22H42O2/c1-3-5-7-8-9-10-11-12-13-14-15-16-17-19-21-24-22(23)20-18-6-4-2/h10-11H,3-9,12-21H2,1-2H3/b11-10-. The van der Waals surface area contributed by atoms with Gasteiger partial charge in [0.25, 0.3) is 0 Å². The summed E-state index contributed by atoms with van der Waals surface area (Å²) in [5, 5.41) is 0. The van der Waals surface area contributed by atoms with Crippen LogP contribution in [-0.4, -0.2) is 12.6 Å². The lowest BCUT2D eigenvalue weighted by atomic mass is 10.1. The molecule has 142 valence electrons. The number of carbonyl (C=O) groups excluding carboxylic acids is 1. The fourth-order valence-electron chi connectivity index (χ4n) is 2.77. The Morgan fingerprint density at radius 1 is 0.667 bits per heavy atom. The molecule has 0 rings (SSSR count). The molecule has 0 radical (unpaired) electrons. The van der Waals surface area contributed by atoms with Gasteiger partial charge in [0.1, 0.15) is 0 Å². The molecule has 0 aromatic rings. The molecule has 2 nitrogen and oxygen atoms in total. The molecular formula is C22H42O2. The molecule has 0 saturated carbocycles. The van der Waals surface area contributed by atoms with Crippen LogP contribution in [0.5, 0.6) is 0 Å². The molecule has 0 unspecified atom stereocenters. The third-order valence-electron chi connectivity index (χ3n) is 4.40. The third-order valence-corrected chi connectivity index (χ3v) is 4.40. The maximum Gasteiger partial charge on any atom is 0.305 e. The van der Waals surface area contributed by atoms with Gasteiger partial charge in [-0.3, -0.25) is 4.79 Å². The van der Waals surface area contributed by atoms with Gasteiger partial charge in [0.05, 0.1) is 6.61 Å². The van der Waals surface area contributed by atoms with E-state index in [-0.39, 0.29) is 5.97 Å². The Kier molecular flexibility index (Phi) is 19.6. The van der Waals surface area contributed by atoms with Crippen molar-refractivity contribution in [3.8, 4) is 0 Å². The van der Waals surface area contributed by atoms with Crippen molar-refractivity contribution in [2.45, 2.75) is 117 Å². The Morgan fingerprint density at radius 2 is 1.17 bits per heavy atom. The van der Waals surface area contributed by atoms with Gasteiger partial charge in [0, 0.05) is 6.42 Å². The summed E-state index contributed by atoms with van der Waals surface area (Å²) in [4.78, 5) is 11.4. The Hall–Kier alpha value is -0.790. The maximum absolute atomic E-state index is 11.4. The first-order chi connectivity index (χ1) is 11.8. The Morgan fingerprint density at radius 3 is 1.79 bits per heavy atom. The second-order valence-corrected chi connectivity index (χ2v) is 6.91. The van der Waals surface area contributed by atoms with Gasteiger partial charge in [-0.1, -0.05) is 83.8 Å². The normalized spacial score (nSPS) is 11.2. The lowest BCUT2D eigenvalue weighted by molar-refractivity contribution is -0.143. The molecule has 0 saturated heterocycles. The first kappa shape index (κ1) is 23.2. The molecule has 0 amide bonds. The summed E-state index contributed by atoms with van der Waals surface area (Å²) in [5.41, 5.74) is 0. The summed E-state index contributed by atoms with van der Waals surface area (Å²) in [5.74, 6) is -0.00932. The average Bonchev–Trinajstić information content (AvgIpc) is 2.58. The summed E-state index contributed by atoms with van der Waals surface area (Å²) in [7, 11) is 0. The van der Waals surface area contributed by atoms with Crippen molar-refractivity contribution in [2.75, 3.05) is 6.61 Å². The molecule has 0 heterocycles. The number of carbonyl (C=O) groups is 1. The topological polar surface area (TPSA) is 26.3 Å². The molecule has 0 aliphatic rings. The van der Waals surface area contributed by atoms with E-state index in [1.807, 2.05) is 0 Å². The summed E-state index contributed by atoms with van der Waals surface area (Å²) in [6, 6.07) is 0. The van der Waals surface area contributed by atoms with Gasteiger partial charge in [0.15, 0.2) is 0 Å². The van der Waals surface area contributed by atoms with Crippen LogP contribution in [0.3, 0.4) is 0 Å². The van der Waals surface area contributed by atoms with Gasteiger partial charge >= 0.3 is 5.97 Å². The fourth-order valence-corrected chi connectivity index (χ4v) is 2.77. The zero-order chi connectivity index (χ0) is 17.7. The van der Waals surface area contributed by atoms with Crippen molar-refractivity contribution >= 4 is 5.97 Å². The van der Waals surface area contributed by atoms with E-state index in [1.54, 1.807) is 0 Å². The molecule has 0 aliphatic heterocycles. The van der Waals surface area contributed by atoms with Crippen molar-refractivity contribution in [2.24, 2.45) is 0 Å². The van der Waals surface area contributed by atoms with Crippen molar-refractivity contribution < 1.29 is 9.53 Å². The number of hydrogen-bond acceptors (Lipinski definition) is 2. The quantitative estimate of drug-likeness (QED) is 0.148. The average molecular weight is 339 g/mol. The van der Waals surface area contributed by atoms with Crippen molar-refractivity contribution in [3.05, 3.63) is 12.2 Å². The van der Waals surface area contributed by atoms with E-state index in [0.29, 0.717) is 13.0 Å². The van der Waals surface area contributed by atoms with E-state index in [1.165, 1.54) is 70.6 Å². The fraction of sp³-hybridized carbons (Fsp3) is 0.864. The minimum absolute atomic E-state index is 0.00932. The van der Waals surface area contributed by atoms with Gasteiger partial charge in [0.2, 0.25) is 0 Å². The van der Waals surface area contributed by atoms with E-state index in [2.05, 4.69) is 26.0 Å². The second kappa shape index (κ2) is 20.3. The highest BCUT2D eigenvalue weighted by molar-refractivity contribution is 5.69. The zero-order valence-corrected chi connectivity index (χ0v) is 16.5.